The second kappa shape index (κ2) is 5.61. The number of nitrogens with zero attached hydrogens (tertiary/aromatic N) is 3. The maximum atomic E-state index is 11.8. The highest BCUT2D eigenvalue weighted by molar-refractivity contribution is 6.33. The summed E-state index contributed by atoms with van der Waals surface area (Å²) in [5.41, 5.74) is -0.247. The summed E-state index contributed by atoms with van der Waals surface area (Å²) in [6.07, 6.45) is 1.47. The van der Waals surface area contributed by atoms with Crippen LogP contribution >= 0.6 is 11.6 Å². The van der Waals surface area contributed by atoms with Gasteiger partial charge in [-0.05, 0) is 20.8 Å². The molecular formula is C12H19ClN4O2. The molecule has 1 rings (SSSR count). The van der Waals surface area contributed by atoms with Crippen LogP contribution in [0.15, 0.2) is 11.0 Å². The molecule has 0 atom stereocenters. The standard InChI is InChI=1S/C12H19ClN4O2/c1-12(2,3)15-9(18)7-16(4)8-6-14-17(5)11(19)10(8)13/h6H,7H2,1-5H3,(H,15,18). The van der Waals surface area contributed by atoms with Gasteiger partial charge < -0.3 is 10.2 Å². The summed E-state index contributed by atoms with van der Waals surface area (Å²) in [6.45, 7) is 5.80. The third-order valence-corrected chi connectivity index (χ3v) is 2.72. The number of halogens is 1. The molecule has 0 fully saturated rings. The number of likely N-dealkylation sites (N-methyl/N-ethyl adjacent to an activating group) is 1. The van der Waals surface area contributed by atoms with E-state index in [4.69, 9.17) is 11.6 Å². The number of aromatic nitrogens is 2. The second-order valence-electron chi connectivity index (χ2n) is 5.43. The molecule has 106 valence electrons. The van der Waals surface area contributed by atoms with Crippen molar-refractivity contribution in [2.75, 3.05) is 18.5 Å². The molecule has 1 aromatic rings. The van der Waals surface area contributed by atoms with Crippen LogP contribution in [0.5, 0.6) is 0 Å². The first-order valence-corrected chi connectivity index (χ1v) is 6.23. The van der Waals surface area contributed by atoms with E-state index in [0.29, 0.717) is 5.69 Å². The zero-order chi connectivity index (χ0) is 14.8. The number of amides is 1. The van der Waals surface area contributed by atoms with E-state index in [1.807, 2.05) is 20.8 Å². The lowest BCUT2D eigenvalue weighted by atomic mass is 10.1. The lowest BCUT2D eigenvalue weighted by Gasteiger charge is -2.24. The summed E-state index contributed by atoms with van der Waals surface area (Å²) < 4.78 is 1.15. The number of hydrogen-bond donors (Lipinski definition) is 1. The first-order chi connectivity index (χ1) is 8.61. The molecule has 0 aliphatic rings. The van der Waals surface area contributed by atoms with Crippen LogP contribution in [-0.2, 0) is 11.8 Å². The van der Waals surface area contributed by atoms with E-state index in [1.165, 1.54) is 13.2 Å². The molecule has 1 heterocycles. The maximum Gasteiger partial charge on any atom is 0.287 e. The van der Waals surface area contributed by atoms with Gasteiger partial charge in [-0.3, -0.25) is 9.59 Å². The Morgan fingerprint density at radius 1 is 1.53 bits per heavy atom. The molecule has 7 heteroatoms. The Morgan fingerprint density at radius 3 is 2.63 bits per heavy atom. The monoisotopic (exact) mass is 286 g/mol. The fraction of sp³-hybridized carbons (Fsp3) is 0.583. The summed E-state index contributed by atoms with van der Waals surface area (Å²) in [7, 11) is 3.20. The zero-order valence-corrected chi connectivity index (χ0v) is 12.6. The largest absolute Gasteiger partial charge is 0.363 e. The van der Waals surface area contributed by atoms with Gasteiger partial charge in [-0.1, -0.05) is 11.6 Å². The fourth-order valence-electron chi connectivity index (χ4n) is 1.53. The van der Waals surface area contributed by atoms with Gasteiger partial charge in [-0.15, -0.1) is 0 Å². The Morgan fingerprint density at radius 2 is 2.11 bits per heavy atom. The molecule has 0 spiro atoms. The Hall–Kier alpha value is -1.56. The van der Waals surface area contributed by atoms with Crippen LogP contribution in [0.4, 0.5) is 5.69 Å². The molecular weight excluding hydrogens is 268 g/mol. The molecule has 0 aliphatic heterocycles. The number of carbonyl (C=O) groups is 1. The molecule has 19 heavy (non-hydrogen) atoms. The summed E-state index contributed by atoms with van der Waals surface area (Å²) in [4.78, 5) is 25.1. The van der Waals surface area contributed by atoms with E-state index < -0.39 is 0 Å². The van der Waals surface area contributed by atoms with Crippen LogP contribution in [0.2, 0.25) is 5.02 Å². The maximum absolute atomic E-state index is 11.8. The highest BCUT2D eigenvalue weighted by atomic mass is 35.5. The van der Waals surface area contributed by atoms with Crippen LogP contribution in [0.25, 0.3) is 0 Å². The van der Waals surface area contributed by atoms with E-state index in [2.05, 4.69) is 10.4 Å². The molecule has 0 radical (unpaired) electrons. The molecule has 6 nitrogen and oxygen atoms in total. The van der Waals surface area contributed by atoms with Crippen molar-refractivity contribution in [1.29, 1.82) is 0 Å². The highest BCUT2D eigenvalue weighted by Crippen LogP contribution is 2.18. The van der Waals surface area contributed by atoms with Crippen molar-refractivity contribution in [2.24, 2.45) is 7.05 Å². The molecule has 1 N–H and O–H groups in total. The number of hydrogen-bond acceptors (Lipinski definition) is 4. The SMILES string of the molecule is CN(CC(=O)NC(C)(C)C)c1cnn(C)c(=O)c1Cl. The van der Waals surface area contributed by atoms with Gasteiger partial charge in [0.25, 0.3) is 5.56 Å². The van der Waals surface area contributed by atoms with Gasteiger partial charge >= 0.3 is 0 Å². The molecule has 1 amide bonds. The van der Waals surface area contributed by atoms with E-state index in [-0.39, 0.29) is 28.6 Å². The van der Waals surface area contributed by atoms with Crippen LogP contribution in [0.1, 0.15) is 20.8 Å². The van der Waals surface area contributed by atoms with Gasteiger partial charge in [-0.2, -0.15) is 5.10 Å². The van der Waals surface area contributed by atoms with Gasteiger partial charge in [0.1, 0.15) is 5.02 Å². The second-order valence-corrected chi connectivity index (χ2v) is 5.80. The summed E-state index contributed by atoms with van der Waals surface area (Å²) in [5, 5.41) is 6.79. The van der Waals surface area contributed by atoms with Crippen molar-refractivity contribution in [3.05, 3.63) is 21.6 Å². The number of carbonyl (C=O) groups excluding carboxylic acids is 1. The van der Waals surface area contributed by atoms with Crippen molar-refractivity contribution in [2.45, 2.75) is 26.3 Å². The number of aryl methyl sites for hydroxylation is 1. The molecule has 0 aliphatic carbocycles. The summed E-state index contributed by atoms with van der Waals surface area (Å²) >= 11 is 5.96. The average Bonchev–Trinajstić information content (AvgIpc) is 2.23. The zero-order valence-electron chi connectivity index (χ0n) is 11.8. The Labute approximate surface area is 117 Å². The van der Waals surface area contributed by atoms with Crippen molar-refractivity contribution in [3.8, 4) is 0 Å². The van der Waals surface area contributed by atoms with Crippen molar-refractivity contribution in [1.82, 2.24) is 15.1 Å². The van der Waals surface area contributed by atoms with Crippen LogP contribution < -0.4 is 15.8 Å². The molecule has 0 saturated heterocycles. The fourth-order valence-corrected chi connectivity index (χ4v) is 1.84. The summed E-state index contributed by atoms with van der Waals surface area (Å²) in [6, 6.07) is 0. The minimum absolute atomic E-state index is 0.0589. The van der Waals surface area contributed by atoms with E-state index >= 15 is 0 Å². The third kappa shape index (κ3) is 4.24. The quantitative estimate of drug-likeness (QED) is 0.892. The van der Waals surface area contributed by atoms with Gasteiger partial charge in [0.05, 0.1) is 18.4 Å². The molecule has 0 bridgehead atoms. The van der Waals surface area contributed by atoms with E-state index in [1.54, 1.807) is 11.9 Å². The number of rotatable bonds is 3. The molecule has 1 aromatic heterocycles. The predicted octanol–water partition coefficient (Wildman–Crippen LogP) is 0.785. The van der Waals surface area contributed by atoms with Crippen LogP contribution in [0, 0.1) is 0 Å². The Balaban J connectivity index is 2.85. The van der Waals surface area contributed by atoms with Crippen LogP contribution in [-0.4, -0.2) is 34.8 Å². The smallest absolute Gasteiger partial charge is 0.287 e. The Kier molecular flexibility index (Phi) is 4.57. The third-order valence-electron chi connectivity index (χ3n) is 2.37. The first kappa shape index (κ1) is 15.5. The van der Waals surface area contributed by atoms with Crippen molar-refractivity contribution >= 4 is 23.2 Å². The first-order valence-electron chi connectivity index (χ1n) is 5.86. The van der Waals surface area contributed by atoms with Gasteiger partial charge in [-0.25, -0.2) is 4.68 Å². The lowest BCUT2D eigenvalue weighted by Crippen LogP contribution is -2.45. The van der Waals surface area contributed by atoms with Crippen molar-refractivity contribution in [3.63, 3.8) is 0 Å². The van der Waals surface area contributed by atoms with E-state index in [0.717, 1.165) is 4.68 Å². The molecule has 0 saturated carbocycles. The highest BCUT2D eigenvalue weighted by Gasteiger charge is 2.17. The topological polar surface area (TPSA) is 67.2 Å². The van der Waals surface area contributed by atoms with Gasteiger partial charge in [0.2, 0.25) is 5.91 Å². The molecule has 0 aromatic carbocycles. The normalized spacial score (nSPS) is 11.3. The van der Waals surface area contributed by atoms with Crippen molar-refractivity contribution < 1.29 is 4.79 Å². The number of anilines is 1. The lowest BCUT2D eigenvalue weighted by molar-refractivity contribution is -0.121. The predicted molar refractivity (Wildman–Crippen MR) is 75.7 cm³/mol. The summed E-state index contributed by atoms with van der Waals surface area (Å²) in [5.74, 6) is -0.147. The minimum Gasteiger partial charge on any atom is -0.363 e. The number of nitrogens with one attached hydrogen (secondary N) is 1. The van der Waals surface area contributed by atoms with Crippen LogP contribution in [0.3, 0.4) is 0 Å². The van der Waals surface area contributed by atoms with Gasteiger partial charge in [0.15, 0.2) is 0 Å². The van der Waals surface area contributed by atoms with Gasteiger partial charge in [0, 0.05) is 19.6 Å². The molecule has 0 unspecified atom stereocenters. The Bertz CT molecular complexity index is 534. The average molecular weight is 287 g/mol. The minimum atomic E-state index is -0.387. The van der Waals surface area contributed by atoms with E-state index in [9.17, 15) is 9.59 Å².